The molecular weight excluding hydrogens is 525 g/mol. The van der Waals surface area contributed by atoms with Crippen LogP contribution in [0.5, 0.6) is 0 Å². The molecule has 4 aromatic rings. The summed E-state index contributed by atoms with van der Waals surface area (Å²) in [5, 5.41) is 15.0. The number of alkyl halides is 6. The molecule has 2 aromatic heterocycles. The highest BCUT2D eigenvalue weighted by atomic mass is 19.4. The van der Waals surface area contributed by atoms with E-state index in [1.807, 2.05) is 0 Å². The SMILES string of the molecule is Nc1ccc(-c2nnc(CN(C(=O)Cc3ccc(C(F)(F)F)cc3C(F)(F)F)c3ccc(F)cc3)o2)nn1. The molecule has 2 aromatic carbocycles. The molecule has 0 fully saturated rings. The molecule has 0 aliphatic carbocycles. The zero-order valence-corrected chi connectivity index (χ0v) is 18.9. The standard InChI is InChI=1S/C23H15F7N6O2/c24-14-3-5-15(6-4-14)36(11-19-34-35-21(38-19)17-7-8-18(31)33-32-17)20(37)9-12-1-2-13(22(25,26)27)10-16(12)23(28,29)30/h1-8,10H,9,11H2,(H2,31,33). The van der Waals surface area contributed by atoms with Crippen LogP contribution in [0.3, 0.4) is 0 Å². The smallest absolute Gasteiger partial charge is 0.416 e. The van der Waals surface area contributed by atoms with Crippen LogP contribution in [0.25, 0.3) is 11.6 Å². The van der Waals surface area contributed by atoms with Crippen LogP contribution in [0, 0.1) is 5.82 Å². The minimum atomic E-state index is -5.17. The van der Waals surface area contributed by atoms with Gasteiger partial charge in [-0.2, -0.15) is 26.3 Å². The van der Waals surface area contributed by atoms with Crippen molar-refractivity contribution in [3.63, 3.8) is 0 Å². The fraction of sp³-hybridized carbons (Fsp3) is 0.174. The van der Waals surface area contributed by atoms with Crippen LogP contribution in [0.1, 0.15) is 22.6 Å². The normalized spacial score (nSPS) is 12.0. The summed E-state index contributed by atoms with van der Waals surface area (Å²) in [5.74, 6) is -1.75. The third kappa shape index (κ3) is 6.04. The number of anilines is 2. The van der Waals surface area contributed by atoms with Crippen LogP contribution in [-0.4, -0.2) is 26.3 Å². The number of hydrogen-bond acceptors (Lipinski definition) is 7. The monoisotopic (exact) mass is 540 g/mol. The molecule has 2 N–H and O–H groups in total. The zero-order valence-electron chi connectivity index (χ0n) is 18.9. The van der Waals surface area contributed by atoms with E-state index in [1.54, 1.807) is 0 Å². The molecule has 0 bridgehead atoms. The summed E-state index contributed by atoms with van der Waals surface area (Å²) >= 11 is 0. The first-order chi connectivity index (χ1) is 17.8. The third-order valence-corrected chi connectivity index (χ3v) is 5.19. The Bertz CT molecular complexity index is 1430. The van der Waals surface area contributed by atoms with Crippen LogP contribution >= 0.6 is 0 Å². The molecule has 0 radical (unpaired) electrons. The Labute approximate surface area is 208 Å². The van der Waals surface area contributed by atoms with Gasteiger partial charge in [-0.3, -0.25) is 4.79 Å². The van der Waals surface area contributed by atoms with Crippen molar-refractivity contribution in [1.82, 2.24) is 20.4 Å². The molecule has 0 saturated carbocycles. The highest BCUT2D eigenvalue weighted by Gasteiger charge is 2.38. The summed E-state index contributed by atoms with van der Waals surface area (Å²) in [6.45, 7) is -0.456. The van der Waals surface area contributed by atoms with E-state index in [9.17, 15) is 35.5 Å². The van der Waals surface area contributed by atoms with Gasteiger partial charge < -0.3 is 15.1 Å². The van der Waals surface area contributed by atoms with Gasteiger partial charge in [0.1, 0.15) is 23.9 Å². The number of nitrogens with two attached hydrogens (primary N) is 1. The number of aromatic nitrogens is 4. The summed E-state index contributed by atoms with van der Waals surface area (Å²) < 4.78 is 98.7. The Morgan fingerprint density at radius 2 is 1.58 bits per heavy atom. The first kappa shape index (κ1) is 26.5. The van der Waals surface area contributed by atoms with Crippen LogP contribution in [-0.2, 0) is 30.1 Å². The molecule has 8 nitrogen and oxygen atoms in total. The average molecular weight is 540 g/mol. The molecule has 198 valence electrons. The summed E-state index contributed by atoms with van der Waals surface area (Å²) in [6.07, 6.45) is -11.1. The second-order valence-corrected chi connectivity index (χ2v) is 7.84. The maximum absolute atomic E-state index is 13.6. The fourth-order valence-electron chi connectivity index (χ4n) is 3.39. The molecule has 0 unspecified atom stereocenters. The number of carbonyl (C=O) groups excluding carboxylic acids is 1. The number of rotatable bonds is 6. The van der Waals surface area contributed by atoms with Gasteiger partial charge in [-0.05, 0) is 54.1 Å². The Hall–Kier alpha value is -4.56. The Morgan fingerprint density at radius 3 is 2.18 bits per heavy atom. The van der Waals surface area contributed by atoms with Gasteiger partial charge in [0, 0.05) is 5.69 Å². The summed E-state index contributed by atoms with van der Waals surface area (Å²) in [6, 6.07) is 8.25. The van der Waals surface area contributed by atoms with Crippen LogP contribution in [0.4, 0.5) is 42.2 Å². The van der Waals surface area contributed by atoms with Crippen molar-refractivity contribution >= 4 is 17.4 Å². The lowest BCUT2D eigenvalue weighted by atomic mass is 10.00. The van der Waals surface area contributed by atoms with Crippen LogP contribution in [0.2, 0.25) is 0 Å². The van der Waals surface area contributed by atoms with E-state index < -0.39 is 53.7 Å². The van der Waals surface area contributed by atoms with Gasteiger partial charge in [0.25, 0.3) is 5.89 Å². The molecular formula is C23H15F7N6O2. The minimum Gasteiger partial charge on any atom is -0.417 e. The first-order valence-electron chi connectivity index (χ1n) is 10.6. The van der Waals surface area contributed by atoms with Crippen molar-refractivity contribution in [2.45, 2.75) is 25.3 Å². The quantitative estimate of drug-likeness (QED) is 0.341. The number of amides is 1. The number of benzene rings is 2. The highest BCUT2D eigenvalue weighted by molar-refractivity contribution is 5.94. The molecule has 0 saturated heterocycles. The Kier molecular flexibility index (Phi) is 7.02. The maximum atomic E-state index is 13.6. The average Bonchev–Trinajstić information content (AvgIpc) is 3.31. The molecule has 0 aliphatic rings. The molecule has 0 atom stereocenters. The second kappa shape index (κ2) is 10.1. The fourth-order valence-corrected chi connectivity index (χ4v) is 3.39. The van der Waals surface area contributed by atoms with E-state index in [0.29, 0.717) is 12.1 Å². The number of nitrogen functional groups attached to an aromatic ring is 1. The van der Waals surface area contributed by atoms with E-state index >= 15 is 0 Å². The minimum absolute atomic E-state index is 0.0528. The first-order valence-corrected chi connectivity index (χ1v) is 10.6. The number of nitrogens with zero attached hydrogens (tertiary/aromatic N) is 5. The Morgan fingerprint density at radius 1 is 0.868 bits per heavy atom. The molecule has 2 heterocycles. The number of halogens is 7. The number of carbonyl (C=O) groups is 1. The largest absolute Gasteiger partial charge is 0.417 e. The molecule has 15 heteroatoms. The lowest BCUT2D eigenvalue weighted by Crippen LogP contribution is -2.32. The van der Waals surface area contributed by atoms with Crippen molar-refractivity contribution in [2.24, 2.45) is 0 Å². The van der Waals surface area contributed by atoms with Crippen molar-refractivity contribution in [3.8, 4) is 11.6 Å². The van der Waals surface area contributed by atoms with Crippen molar-refractivity contribution < 1.29 is 39.9 Å². The molecule has 0 aliphatic heterocycles. The number of hydrogen-bond donors (Lipinski definition) is 1. The third-order valence-electron chi connectivity index (χ3n) is 5.19. The summed E-state index contributed by atoms with van der Waals surface area (Å²) in [4.78, 5) is 14.1. The molecule has 0 spiro atoms. The summed E-state index contributed by atoms with van der Waals surface area (Å²) in [5.41, 5.74) is 1.87. The lowest BCUT2D eigenvalue weighted by Gasteiger charge is -2.23. The van der Waals surface area contributed by atoms with Gasteiger partial charge in [0.05, 0.1) is 17.5 Å². The molecule has 38 heavy (non-hydrogen) atoms. The highest BCUT2D eigenvalue weighted by Crippen LogP contribution is 2.37. The van der Waals surface area contributed by atoms with E-state index in [4.69, 9.17) is 10.2 Å². The van der Waals surface area contributed by atoms with Gasteiger partial charge in [-0.15, -0.1) is 20.4 Å². The van der Waals surface area contributed by atoms with Crippen LogP contribution in [0.15, 0.2) is 59.0 Å². The van der Waals surface area contributed by atoms with Gasteiger partial charge in [-0.1, -0.05) is 6.07 Å². The van der Waals surface area contributed by atoms with Crippen molar-refractivity contribution in [3.05, 3.63) is 83.0 Å². The van der Waals surface area contributed by atoms with E-state index in [-0.39, 0.29) is 35.0 Å². The van der Waals surface area contributed by atoms with Gasteiger partial charge >= 0.3 is 12.4 Å². The van der Waals surface area contributed by atoms with Crippen molar-refractivity contribution in [1.29, 1.82) is 0 Å². The summed E-state index contributed by atoms with van der Waals surface area (Å²) in [7, 11) is 0. The van der Waals surface area contributed by atoms with Gasteiger partial charge in [0.15, 0.2) is 0 Å². The van der Waals surface area contributed by atoms with Gasteiger partial charge in [0.2, 0.25) is 11.8 Å². The van der Waals surface area contributed by atoms with Gasteiger partial charge in [-0.25, -0.2) is 4.39 Å². The zero-order chi connectivity index (χ0) is 27.7. The van der Waals surface area contributed by atoms with Crippen molar-refractivity contribution in [2.75, 3.05) is 10.6 Å². The molecule has 1 amide bonds. The predicted octanol–water partition coefficient (Wildman–Crippen LogP) is 5.06. The molecule has 4 rings (SSSR count). The van der Waals surface area contributed by atoms with E-state index in [2.05, 4.69) is 20.4 Å². The Balaban J connectivity index is 1.66. The van der Waals surface area contributed by atoms with E-state index in [0.717, 1.165) is 17.0 Å². The van der Waals surface area contributed by atoms with E-state index in [1.165, 1.54) is 24.3 Å². The lowest BCUT2D eigenvalue weighted by molar-refractivity contribution is -0.143. The maximum Gasteiger partial charge on any atom is 0.416 e. The van der Waals surface area contributed by atoms with Crippen LogP contribution < -0.4 is 10.6 Å². The second-order valence-electron chi connectivity index (χ2n) is 7.84. The predicted molar refractivity (Wildman–Crippen MR) is 117 cm³/mol. The topological polar surface area (TPSA) is 111 Å².